The predicted octanol–water partition coefficient (Wildman–Crippen LogP) is 3.15. The van der Waals surface area contributed by atoms with Crippen molar-refractivity contribution >= 4 is 29.0 Å². The second-order valence-corrected chi connectivity index (χ2v) is 7.28. The summed E-state index contributed by atoms with van der Waals surface area (Å²) >= 11 is 0. The normalized spacial score (nSPS) is 17.4. The zero-order valence-electron chi connectivity index (χ0n) is 16.9. The number of anilines is 3. The van der Waals surface area contributed by atoms with E-state index in [0.717, 1.165) is 56.5 Å². The molecule has 1 amide bonds. The highest BCUT2D eigenvalue weighted by atomic mass is 19.1. The average molecular weight is 411 g/mol. The van der Waals surface area contributed by atoms with Crippen LogP contribution in [0.15, 0.2) is 48.5 Å². The predicted molar refractivity (Wildman–Crippen MR) is 117 cm³/mol. The maximum Gasteiger partial charge on any atom is 0.248 e. The average Bonchev–Trinajstić information content (AvgIpc) is 2.79. The first kappa shape index (κ1) is 20.4. The van der Waals surface area contributed by atoms with Gasteiger partial charge in [0.05, 0.1) is 37.8 Å². The van der Waals surface area contributed by atoms with Gasteiger partial charge in [0.2, 0.25) is 5.91 Å². The lowest BCUT2D eigenvalue weighted by Crippen LogP contribution is -2.38. The van der Waals surface area contributed by atoms with Gasteiger partial charge in [-0.25, -0.2) is 4.39 Å². The van der Waals surface area contributed by atoms with Crippen molar-refractivity contribution in [2.24, 2.45) is 0 Å². The van der Waals surface area contributed by atoms with E-state index in [4.69, 9.17) is 9.47 Å². The Bertz CT molecular complexity index is 906. The molecule has 0 saturated carbocycles. The van der Waals surface area contributed by atoms with E-state index in [1.54, 1.807) is 18.2 Å². The molecule has 2 aromatic carbocycles. The molecule has 7 heteroatoms. The quantitative estimate of drug-likeness (QED) is 0.766. The van der Waals surface area contributed by atoms with Crippen molar-refractivity contribution in [2.75, 3.05) is 67.7 Å². The van der Waals surface area contributed by atoms with Crippen molar-refractivity contribution in [3.8, 4) is 0 Å². The molecule has 0 radical (unpaired) electrons. The van der Waals surface area contributed by atoms with Crippen LogP contribution in [0, 0.1) is 5.82 Å². The molecule has 1 N–H and O–H groups in total. The largest absolute Gasteiger partial charge is 0.378 e. The second kappa shape index (κ2) is 9.73. The van der Waals surface area contributed by atoms with Crippen molar-refractivity contribution in [3.05, 3.63) is 59.9 Å². The van der Waals surface area contributed by atoms with Crippen LogP contribution in [-0.2, 0) is 14.3 Å². The van der Waals surface area contributed by atoms with E-state index in [1.165, 1.54) is 18.2 Å². The molecule has 30 heavy (non-hydrogen) atoms. The first-order valence-corrected chi connectivity index (χ1v) is 10.2. The minimum Gasteiger partial charge on any atom is -0.378 e. The Labute approximate surface area is 175 Å². The van der Waals surface area contributed by atoms with Crippen molar-refractivity contribution < 1.29 is 18.7 Å². The van der Waals surface area contributed by atoms with Crippen LogP contribution >= 0.6 is 0 Å². The highest BCUT2D eigenvalue weighted by molar-refractivity contribution is 6.04. The fourth-order valence-corrected chi connectivity index (χ4v) is 3.67. The van der Waals surface area contributed by atoms with Gasteiger partial charge in [-0.2, -0.15) is 0 Å². The first-order valence-electron chi connectivity index (χ1n) is 10.2. The van der Waals surface area contributed by atoms with Crippen LogP contribution in [0.5, 0.6) is 0 Å². The van der Waals surface area contributed by atoms with Gasteiger partial charge in [0.25, 0.3) is 0 Å². The Balaban J connectivity index is 1.53. The fourth-order valence-electron chi connectivity index (χ4n) is 3.67. The third-order valence-corrected chi connectivity index (χ3v) is 5.24. The van der Waals surface area contributed by atoms with Gasteiger partial charge in [-0.05, 0) is 42.0 Å². The van der Waals surface area contributed by atoms with Crippen LogP contribution in [0.2, 0.25) is 0 Å². The maximum atomic E-state index is 13.3. The van der Waals surface area contributed by atoms with E-state index >= 15 is 0 Å². The number of carbonyl (C=O) groups excluding carboxylic acids is 1. The number of hydrogen-bond donors (Lipinski definition) is 1. The second-order valence-electron chi connectivity index (χ2n) is 7.28. The van der Waals surface area contributed by atoms with E-state index < -0.39 is 0 Å². The summed E-state index contributed by atoms with van der Waals surface area (Å²) in [6, 6.07) is 12.2. The van der Waals surface area contributed by atoms with Crippen molar-refractivity contribution in [3.63, 3.8) is 0 Å². The lowest BCUT2D eigenvalue weighted by molar-refractivity contribution is -0.111. The number of halogens is 1. The number of morpholine rings is 2. The molecule has 0 atom stereocenters. The van der Waals surface area contributed by atoms with E-state index in [2.05, 4.69) is 21.2 Å². The number of ether oxygens (including phenoxy) is 2. The van der Waals surface area contributed by atoms with E-state index in [0.29, 0.717) is 18.8 Å². The van der Waals surface area contributed by atoms with Crippen LogP contribution < -0.4 is 15.1 Å². The van der Waals surface area contributed by atoms with Gasteiger partial charge in [0.15, 0.2) is 0 Å². The Morgan fingerprint density at radius 1 is 0.933 bits per heavy atom. The van der Waals surface area contributed by atoms with Crippen molar-refractivity contribution in [1.29, 1.82) is 0 Å². The number of carbonyl (C=O) groups is 1. The van der Waals surface area contributed by atoms with Gasteiger partial charge < -0.3 is 24.6 Å². The highest BCUT2D eigenvalue weighted by Gasteiger charge is 2.19. The lowest BCUT2D eigenvalue weighted by Gasteiger charge is -2.33. The molecular formula is C23H26FN3O3. The summed E-state index contributed by atoms with van der Waals surface area (Å²) in [5.74, 6) is -0.584. The molecule has 2 aliphatic heterocycles. The first-order chi connectivity index (χ1) is 14.7. The summed E-state index contributed by atoms with van der Waals surface area (Å²) in [6.07, 6.45) is 3.03. The number of nitrogens with one attached hydrogen (secondary N) is 1. The van der Waals surface area contributed by atoms with Gasteiger partial charge in [-0.15, -0.1) is 0 Å². The van der Waals surface area contributed by atoms with E-state index in [1.807, 2.05) is 12.1 Å². The molecule has 2 fully saturated rings. The molecule has 4 rings (SSSR count). The van der Waals surface area contributed by atoms with Crippen LogP contribution in [0.4, 0.5) is 21.5 Å². The molecule has 0 aromatic heterocycles. The summed E-state index contributed by atoms with van der Waals surface area (Å²) < 4.78 is 24.3. The standard InChI is InChI=1S/C23H26FN3O3/c24-19-3-1-2-18(16-19)4-7-23(28)25-21-6-5-20(26-8-12-29-13-9-26)17-22(21)27-10-14-30-15-11-27/h1-7,16-17H,8-15H2,(H,25,28). The number of rotatable bonds is 5. The van der Waals surface area contributed by atoms with E-state index in [9.17, 15) is 9.18 Å². The van der Waals surface area contributed by atoms with Gasteiger partial charge in [0.1, 0.15) is 5.82 Å². The van der Waals surface area contributed by atoms with Gasteiger partial charge in [0, 0.05) is 37.9 Å². The SMILES string of the molecule is O=C(C=Cc1cccc(F)c1)Nc1ccc(N2CCOCC2)cc1N1CCOCC1. The molecular weight excluding hydrogens is 385 g/mol. The van der Waals surface area contributed by atoms with Crippen LogP contribution in [0.25, 0.3) is 6.08 Å². The van der Waals surface area contributed by atoms with Crippen LogP contribution in [0.3, 0.4) is 0 Å². The summed E-state index contributed by atoms with van der Waals surface area (Å²) in [4.78, 5) is 17.1. The van der Waals surface area contributed by atoms with Crippen molar-refractivity contribution in [2.45, 2.75) is 0 Å². The van der Waals surface area contributed by atoms with Gasteiger partial charge in [-0.1, -0.05) is 12.1 Å². The number of benzene rings is 2. The molecule has 158 valence electrons. The van der Waals surface area contributed by atoms with Crippen LogP contribution in [0.1, 0.15) is 5.56 Å². The molecule has 0 aliphatic carbocycles. The van der Waals surface area contributed by atoms with E-state index in [-0.39, 0.29) is 11.7 Å². The third kappa shape index (κ3) is 5.17. The minimum absolute atomic E-state index is 0.257. The lowest BCUT2D eigenvalue weighted by atomic mass is 10.1. The molecule has 6 nitrogen and oxygen atoms in total. The third-order valence-electron chi connectivity index (χ3n) is 5.24. The fraction of sp³-hybridized carbons (Fsp3) is 0.348. The minimum atomic E-state index is -0.328. The summed E-state index contributed by atoms with van der Waals surface area (Å²) in [6.45, 7) is 6.01. The Morgan fingerprint density at radius 3 is 2.33 bits per heavy atom. The topological polar surface area (TPSA) is 54.0 Å². The number of hydrogen-bond acceptors (Lipinski definition) is 5. The summed E-state index contributed by atoms with van der Waals surface area (Å²) in [7, 11) is 0. The molecule has 0 bridgehead atoms. The smallest absolute Gasteiger partial charge is 0.248 e. The van der Waals surface area contributed by atoms with Gasteiger partial charge >= 0.3 is 0 Å². The monoisotopic (exact) mass is 411 g/mol. The Kier molecular flexibility index (Phi) is 6.61. The maximum absolute atomic E-state index is 13.3. The summed E-state index contributed by atoms with van der Waals surface area (Å²) in [5.41, 5.74) is 3.49. The van der Waals surface area contributed by atoms with Crippen molar-refractivity contribution in [1.82, 2.24) is 0 Å². The molecule has 2 saturated heterocycles. The Hall–Kier alpha value is -2.90. The van der Waals surface area contributed by atoms with Gasteiger partial charge in [-0.3, -0.25) is 4.79 Å². The number of amides is 1. The molecule has 0 unspecified atom stereocenters. The van der Waals surface area contributed by atoms with Crippen LogP contribution in [-0.4, -0.2) is 58.5 Å². The summed E-state index contributed by atoms with van der Waals surface area (Å²) in [5, 5.41) is 2.98. The highest BCUT2D eigenvalue weighted by Crippen LogP contribution is 2.32. The molecule has 2 aromatic rings. The molecule has 2 heterocycles. The zero-order valence-corrected chi connectivity index (χ0v) is 16.9. The Morgan fingerprint density at radius 2 is 1.63 bits per heavy atom. The molecule has 2 aliphatic rings. The molecule has 0 spiro atoms. The zero-order chi connectivity index (χ0) is 20.8. The number of nitrogens with zero attached hydrogens (tertiary/aromatic N) is 2.